The van der Waals surface area contributed by atoms with E-state index in [1.54, 1.807) is 4.90 Å². The van der Waals surface area contributed by atoms with Crippen LogP contribution in [0, 0.1) is 5.92 Å². The predicted molar refractivity (Wildman–Crippen MR) is 229 cm³/mol. The normalized spacial score (nSPS) is 19.5. The number of carbonyl (C=O) groups is 3. The lowest BCUT2D eigenvalue weighted by Gasteiger charge is -2.37. The van der Waals surface area contributed by atoms with Crippen molar-refractivity contribution in [3.05, 3.63) is 125 Å². The standard InChI is InChI=1S/C47H53BN5O5/c1-2-41(34-8-4-3-5-9-34)45(36-12-17-40(18-13-36)58-48-57)35-10-14-38(15-11-35)51-25-22-33(23-26-51)7-6-24-50-27-29-52(30-28-50)39-16-19-42-37(31-39)32-53(47(42)56)43-20-21-44(54)49-46(43)55/h3-5,8-19,31,33,43,57H,2,6-7,20-30,32H2,1H3,(H,49,54,55)/b45-41-. The second kappa shape index (κ2) is 18.0. The van der Waals surface area contributed by atoms with Crippen molar-refractivity contribution < 1.29 is 24.1 Å². The highest BCUT2D eigenvalue weighted by molar-refractivity contribution is 6.17. The highest BCUT2D eigenvalue weighted by atomic mass is 16.5. The molecule has 3 saturated heterocycles. The summed E-state index contributed by atoms with van der Waals surface area (Å²) in [6.07, 6.45) is 6.46. The summed E-state index contributed by atoms with van der Waals surface area (Å²) < 4.78 is 5.19. The van der Waals surface area contributed by atoms with Gasteiger partial charge in [0.1, 0.15) is 11.8 Å². The van der Waals surface area contributed by atoms with Crippen LogP contribution in [-0.2, 0) is 16.1 Å². The largest absolute Gasteiger partial charge is 0.569 e. The van der Waals surface area contributed by atoms with Gasteiger partial charge in [-0.3, -0.25) is 24.6 Å². The van der Waals surface area contributed by atoms with Crippen LogP contribution in [0.3, 0.4) is 0 Å². The van der Waals surface area contributed by atoms with Crippen LogP contribution in [0.4, 0.5) is 11.4 Å². The summed E-state index contributed by atoms with van der Waals surface area (Å²) in [7, 11) is 0.714. The molecule has 299 valence electrons. The smallest absolute Gasteiger partial charge is 0.537 e. The lowest BCUT2D eigenvalue weighted by atomic mass is 9.88. The van der Waals surface area contributed by atoms with Gasteiger partial charge >= 0.3 is 7.69 Å². The number of hydrogen-bond acceptors (Lipinski definition) is 8. The Labute approximate surface area is 342 Å². The van der Waals surface area contributed by atoms with Gasteiger partial charge in [0.15, 0.2) is 0 Å². The van der Waals surface area contributed by atoms with E-state index in [9.17, 15) is 14.4 Å². The minimum atomic E-state index is -0.586. The first-order valence-corrected chi connectivity index (χ1v) is 21.0. The van der Waals surface area contributed by atoms with Crippen molar-refractivity contribution in [2.24, 2.45) is 5.92 Å². The Bertz CT molecular complexity index is 2110. The summed E-state index contributed by atoms with van der Waals surface area (Å²) in [5, 5.41) is 11.5. The highest BCUT2D eigenvalue weighted by Crippen LogP contribution is 2.37. The van der Waals surface area contributed by atoms with Gasteiger partial charge in [0.05, 0.1) is 0 Å². The number of hydrogen-bond donors (Lipinski definition) is 2. The lowest BCUT2D eigenvalue weighted by molar-refractivity contribution is -0.136. The van der Waals surface area contributed by atoms with E-state index in [0.717, 1.165) is 75.0 Å². The number of carbonyl (C=O) groups excluding carboxylic acids is 3. The van der Waals surface area contributed by atoms with Crippen LogP contribution in [0.2, 0.25) is 0 Å². The molecule has 1 unspecified atom stereocenters. The van der Waals surface area contributed by atoms with Gasteiger partial charge in [-0.15, -0.1) is 0 Å². The van der Waals surface area contributed by atoms with E-state index in [-0.39, 0.29) is 24.1 Å². The van der Waals surface area contributed by atoms with Gasteiger partial charge in [-0.05, 0) is 127 Å². The van der Waals surface area contributed by atoms with E-state index >= 15 is 0 Å². The van der Waals surface area contributed by atoms with Crippen LogP contribution in [0.15, 0.2) is 97.1 Å². The molecule has 3 amide bonds. The first-order chi connectivity index (χ1) is 28.4. The Balaban J connectivity index is 0.805. The van der Waals surface area contributed by atoms with Gasteiger partial charge in [-0.25, -0.2) is 0 Å². The zero-order chi connectivity index (χ0) is 40.0. The molecule has 0 spiro atoms. The minimum absolute atomic E-state index is 0.123. The van der Waals surface area contributed by atoms with Crippen LogP contribution in [-0.4, -0.2) is 92.1 Å². The zero-order valence-electron chi connectivity index (χ0n) is 33.4. The molecule has 0 saturated carbocycles. The molecule has 4 heterocycles. The van der Waals surface area contributed by atoms with Crippen molar-refractivity contribution in [2.45, 2.75) is 64.5 Å². The molecule has 1 atom stereocenters. The summed E-state index contributed by atoms with van der Waals surface area (Å²) in [6.45, 7) is 9.86. The molecular formula is C47H53BN5O5. The Hall–Kier alpha value is -5.39. The highest BCUT2D eigenvalue weighted by Gasteiger charge is 2.39. The fraction of sp³-hybridized carbons (Fsp3) is 0.383. The number of piperidine rings is 2. The van der Waals surface area contributed by atoms with Crippen LogP contribution < -0.4 is 19.8 Å². The van der Waals surface area contributed by atoms with Crippen LogP contribution in [0.1, 0.15) is 84.5 Å². The molecule has 3 fully saturated rings. The molecule has 8 rings (SSSR count). The fourth-order valence-electron chi connectivity index (χ4n) is 9.35. The number of amides is 3. The molecule has 1 radical (unpaired) electrons. The molecule has 2 N–H and O–H groups in total. The van der Waals surface area contributed by atoms with Crippen molar-refractivity contribution in [1.29, 1.82) is 0 Å². The number of nitrogens with one attached hydrogen (secondary N) is 1. The van der Waals surface area contributed by atoms with Crippen molar-refractivity contribution in [3.8, 4) is 5.75 Å². The fourth-order valence-corrected chi connectivity index (χ4v) is 9.35. The van der Waals surface area contributed by atoms with Gasteiger partial charge in [0.25, 0.3) is 5.91 Å². The first kappa shape index (κ1) is 39.4. The third kappa shape index (κ3) is 8.71. The van der Waals surface area contributed by atoms with Crippen molar-refractivity contribution >= 4 is 47.9 Å². The minimum Gasteiger partial charge on any atom is -0.537 e. The second-order valence-corrected chi connectivity index (χ2v) is 16.0. The van der Waals surface area contributed by atoms with Gasteiger partial charge in [-0.2, -0.15) is 0 Å². The van der Waals surface area contributed by atoms with Crippen molar-refractivity contribution in [3.63, 3.8) is 0 Å². The Kier molecular flexibility index (Phi) is 12.3. The molecule has 10 nitrogen and oxygen atoms in total. The van der Waals surface area contributed by atoms with Gasteiger partial charge < -0.3 is 24.4 Å². The summed E-state index contributed by atoms with van der Waals surface area (Å²) in [5.41, 5.74) is 10.0. The SMILES string of the molecule is CC/C(=C(/c1ccc(O[B]O)cc1)c1ccc(N2CCC(CCCN3CCN(c4ccc5c(c4)CN(C4CCC(=O)NC4=O)C5=O)CC3)CC2)cc1)c1ccccc1. The third-order valence-corrected chi connectivity index (χ3v) is 12.6. The van der Waals surface area contributed by atoms with Crippen LogP contribution in [0.5, 0.6) is 5.75 Å². The van der Waals surface area contributed by atoms with Crippen molar-refractivity contribution in [2.75, 3.05) is 55.6 Å². The number of rotatable bonds is 13. The molecular weight excluding hydrogens is 725 g/mol. The predicted octanol–water partition coefficient (Wildman–Crippen LogP) is 6.54. The van der Waals surface area contributed by atoms with E-state index < -0.39 is 6.04 Å². The maximum atomic E-state index is 13.1. The van der Waals surface area contributed by atoms with Crippen LogP contribution in [0.25, 0.3) is 11.1 Å². The number of piperazine rings is 1. The number of fused-ring (bicyclic) bond motifs is 1. The Morgan fingerprint density at radius 3 is 2.12 bits per heavy atom. The average Bonchev–Trinajstić information content (AvgIpc) is 3.59. The summed E-state index contributed by atoms with van der Waals surface area (Å²) in [5.74, 6) is 0.590. The number of imide groups is 1. The monoisotopic (exact) mass is 778 g/mol. The third-order valence-electron chi connectivity index (χ3n) is 12.6. The zero-order valence-corrected chi connectivity index (χ0v) is 33.4. The Morgan fingerprint density at radius 1 is 0.776 bits per heavy atom. The Morgan fingerprint density at radius 2 is 1.45 bits per heavy atom. The number of allylic oxidation sites excluding steroid dienone is 1. The van der Waals surface area contributed by atoms with E-state index in [1.165, 1.54) is 53.6 Å². The first-order valence-electron chi connectivity index (χ1n) is 21.0. The van der Waals surface area contributed by atoms with Gasteiger partial charge in [0.2, 0.25) is 11.8 Å². The summed E-state index contributed by atoms with van der Waals surface area (Å²) >= 11 is 0. The molecule has 4 aliphatic heterocycles. The van der Waals surface area contributed by atoms with Gasteiger partial charge in [0, 0.05) is 69.2 Å². The van der Waals surface area contributed by atoms with E-state index in [2.05, 4.69) is 99.7 Å². The van der Waals surface area contributed by atoms with Crippen molar-refractivity contribution in [1.82, 2.24) is 15.1 Å². The maximum Gasteiger partial charge on any atom is 0.569 e. The quantitative estimate of drug-likeness (QED) is 0.0897. The topological polar surface area (TPSA) is 106 Å². The molecule has 0 bridgehead atoms. The van der Waals surface area contributed by atoms with E-state index in [0.29, 0.717) is 32.0 Å². The molecule has 58 heavy (non-hydrogen) atoms. The lowest BCUT2D eigenvalue weighted by Crippen LogP contribution is -2.52. The number of nitrogens with zero attached hydrogens (tertiary/aromatic N) is 4. The number of anilines is 2. The molecule has 11 heteroatoms. The second-order valence-electron chi connectivity index (χ2n) is 16.0. The molecule has 4 aliphatic rings. The molecule has 4 aromatic carbocycles. The van der Waals surface area contributed by atoms with Crippen LogP contribution >= 0.6 is 0 Å². The summed E-state index contributed by atoms with van der Waals surface area (Å²) in [6, 6.07) is 33.1. The summed E-state index contributed by atoms with van der Waals surface area (Å²) in [4.78, 5) is 46.4. The van der Waals surface area contributed by atoms with Gasteiger partial charge in [-0.1, -0.05) is 61.5 Å². The number of benzene rings is 4. The van der Waals surface area contributed by atoms with E-state index in [4.69, 9.17) is 9.68 Å². The molecule has 0 aliphatic carbocycles. The average molecular weight is 779 g/mol. The molecule has 4 aromatic rings. The molecule has 0 aromatic heterocycles. The van der Waals surface area contributed by atoms with E-state index in [1.807, 2.05) is 24.3 Å². The maximum absolute atomic E-state index is 13.1.